The lowest BCUT2D eigenvalue weighted by Crippen LogP contribution is -2.23. The molecule has 0 saturated carbocycles. The largest absolute Gasteiger partial charge is 0.374 e. The van der Waals surface area contributed by atoms with Crippen LogP contribution in [-0.2, 0) is 16.1 Å². The van der Waals surface area contributed by atoms with Gasteiger partial charge in [-0.15, -0.1) is 11.3 Å². The number of ether oxygens (including phenoxy) is 2. The fourth-order valence-corrected chi connectivity index (χ4v) is 3.74. The molecule has 1 atom stereocenters. The molecule has 1 aliphatic heterocycles. The number of pyridine rings is 1. The predicted molar refractivity (Wildman–Crippen MR) is 79.4 cm³/mol. The summed E-state index contributed by atoms with van der Waals surface area (Å²) in [7, 11) is 1.62. The van der Waals surface area contributed by atoms with Crippen molar-refractivity contribution in [1.29, 1.82) is 0 Å². The summed E-state index contributed by atoms with van der Waals surface area (Å²) in [6, 6.07) is 2.03. The van der Waals surface area contributed by atoms with Crippen LogP contribution in [0.5, 0.6) is 0 Å². The van der Waals surface area contributed by atoms with Crippen LogP contribution in [0.25, 0.3) is 20.5 Å². The minimum atomic E-state index is -0.219. The molecule has 3 aromatic heterocycles. The maximum absolute atomic E-state index is 12.3. The van der Waals surface area contributed by atoms with E-state index in [1.54, 1.807) is 13.3 Å². The van der Waals surface area contributed by atoms with Gasteiger partial charge in [-0.3, -0.25) is 9.89 Å². The Labute approximate surface area is 123 Å². The molecule has 0 saturated heterocycles. The normalized spacial score (nSPS) is 18.0. The lowest BCUT2D eigenvalue weighted by molar-refractivity contribution is -0.0175. The molecule has 2 N–H and O–H groups in total. The van der Waals surface area contributed by atoms with Gasteiger partial charge in [0.1, 0.15) is 10.8 Å². The van der Waals surface area contributed by atoms with Gasteiger partial charge in [-0.2, -0.15) is 5.10 Å². The molecule has 21 heavy (non-hydrogen) atoms. The molecular weight excluding hydrogens is 290 g/mol. The highest BCUT2D eigenvalue weighted by molar-refractivity contribution is 7.22. The Hall–Kier alpha value is -1.96. The van der Waals surface area contributed by atoms with Crippen LogP contribution < -0.4 is 5.56 Å². The third kappa shape index (κ3) is 1.93. The molecule has 4 rings (SSSR count). The van der Waals surface area contributed by atoms with Crippen molar-refractivity contribution in [3.63, 3.8) is 0 Å². The predicted octanol–water partition coefficient (Wildman–Crippen LogP) is 2.20. The summed E-state index contributed by atoms with van der Waals surface area (Å²) in [5, 5.41) is 7.69. The number of thiophene rings is 1. The molecule has 0 aliphatic carbocycles. The van der Waals surface area contributed by atoms with Crippen molar-refractivity contribution in [3.05, 3.63) is 40.1 Å². The molecule has 1 aliphatic rings. The van der Waals surface area contributed by atoms with Gasteiger partial charge in [-0.1, -0.05) is 0 Å². The Morgan fingerprint density at radius 3 is 3.19 bits per heavy atom. The molecule has 108 valence electrons. The highest BCUT2D eigenvalue weighted by atomic mass is 32.1. The number of aromatic nitrogens is 3. The van der Waals surface area contributed by atoms with Crippen LogP contribution in [0.1, 0.15) is 17.4 Å². The van der Waals surface area contributed by atoms with Gasteiger partial charge in [-0.25, -0.2) is 0 Å². The molecule has 3 aromatic rings. The number of nitrogens with one attached hydrogen (secondary N) is 2. The van der Waals surface area contributed by atoms with Crippen LogP contribution in [0.2, 0.25) is 0 Å². The zero-order chi connectivity index (χ0) is 14.4. The van der Waals surface area contributed by atoms with Gasteiger partial charge in [0.25, 0.3) is 5.56 Å². The van der Waals surface area contributed by atoms with Crippen LogP contribution in [0.3, 0.4) is 0 Å². The van der Waals surface area contributed by atoms with Gasteiger partial charge >= 0.3 is 0 Å². The summed E-state index contributed by atoms with van der Waals surface area (Å²) in [5.74, 6) is 0. The minimum absolute atomic E-state index is 0.0764. The molecule has 0 amide bonds. The summed E-state index contributed by atoms with van der Waals surface area (Å²) in [6.45, 7) is 0.952. The van der Waals surface area contributed by atoms with E-state index in [0.717, 1.165) is 27.1 Å². The van der Waals surface area contributed by atoms with Crippen LogP contribution in [0.4, 0.5) is 0 Å². The van der Waals surface area contributed by atoms with Crippen molar-refractivity contribution < 1.29 is 9.47 Å². The maximum Gasteiger partial charge on any atom is 0.266 e. The van der Waals surface area contributed by atoms with Gasteiger partial charge in [0.15, 0.2) is 0 Å². The number of methoxy groups -OCH3 is 1. The van der Waals surface area contributed by atoms with E-state index >= 15 is 0 Å². The van der Waals surface area contributed by atoms with Crippen LogP contribution in [0, 0.1) is 0 Å². The first-order valence-corrected chi connectivity index (χ1v) is 7.38. The van der Waals surface area contributed by atoms with Gasteiger partial charge in [0.2, 0.25) is 0 Å². The molecule has 0 aromatic carbocycles. The number of hydrogen-bond acceptors (Lipinski definition) is 5. The summed E-state index contributed by atoms with van der Waals surface area (Å²) >= 11 is 1.46. The van der Waals surface area contributed by atoms with Crippen LogP contribution in [0.15, 0.2) is 23.3 Å². The molecule has 0 unspecified atom stereocenters. The minimum Gasteiger partial charge on any atom is -0.374 e. The molecule has 0 bridgehead atoms. The number of rotatable bonds is 2. The van der Waals surface area contributed by atoms with Gasteiger partial charge < -0.3 is 14.5 Å². The second kappa shape index (κ2) is 4.80. The van der Waals surface area contributed by atoms with E-state index in [0.29, 0.717) is 17.9 Å². The Balaban J connectivity index is 1.99. The van der Waals surface area contributed by atoms with E-state index < -0.39 is 0 Å². The van der Waals surface area contributed by atoms with Gasteiger partial charge in [-0.05, 0) is 6.07 Å². The van der Waals surface area contributed by atoms with Gasteiger partial charge in [0, 0.05) is 34.7 Å². The van der Waals surface area contributed by atoms with Crippen LogP contribution in [-0.4, -0.2) is 28.9 Å². The number of H-pyrrole nitrogens is 2. The summed E-state index contributed by atoms with van der Waals surface area (Å²) in [4.78, 5) is 16.3. The molecule has 7 heteroatoms. The molecule has 0 radical (unpaired) electrons. The van der Waals surface area contributed by atoms with Crippen molar-refractivity contribution in [2.24, 2.45) is 0 Å². The zero-order valence-electron chi connectivity index (χ0n) is 11.3. The Morgan fingerprint density at radius 1 is 1.52 bits per heavy atom. The van der Waals surface area contributed by atoms with E-state index in [-0.39, 0.29) is 11.7 Å². The lowest BCUT2D eigenvalue weighted by atomic mass is 10.0. The Bertz CT molecular complexity index is 850. The zero-order valence-corrected chi connectivity index (χ0v) is 12.1. The van der Waals surface area contributed by atoms with E-state index in [9.17, 15) is 4.79 Å². The van der Waals surface area contributed by atoms with Crippen LogP contribution >= 0.6 is 11.3 Å². The van der Waals surface area contributed by atoms with Crippen molar-refractivity contribution in [1.82, 2.24) is 15.2 Å². The number of aromatic amines is 2. The molecule has 0 fully saturated rings. The van der Waals surface area contributed by atoms with E-state index in [4.69, 9.17) is 9.47 Å². The third-order valence-corrected chi connectivity index (χ3v) is 4.92. The van der Waals surface area contributed by atoms with Crippen molar-refractivity contribution >= 4 is 21.4 Å². The van der Waals surface area contributed by atoms with E-state index in [1.165, 1.54) is 11.3 Å². The topological polar surface area (TPSA) is 80.0 Å². The average molecular weight is 303 g/mol. The number of nitrogens with zero attached hydrogens (tertiary/aromatic N) is 1. The molecule has 0 spiro atoms. The standard InChI is InChI=1S/C14H13N3O3S/c1-19-10-6-20-5-9-8-2-11(7-3-15-16-4-7)21-13(8)14(18)17-12(9)10/h2-4,10H,5-6H2,1H3,(H,15,16)(H,17,18)/t10-/m1/s1. The molecular formula is C14H13N3O3S. The number of fused-ring (bicyclic) bond motifs is 3. The fraction of sp³-hybridized carbons (Fsp3) is 0.286. The second-order valence-electron chi connectivity index (χ2n) is 4.93. The molecule has 4 heterocycles. The quantitative estimate of drug-likeness (QED) is 0.760. The Morgan fingerprint density at radius 2 is 2.43 bits per heavy atom. The summed E-state index contributed by atoms with van der Waals surface area (Å²) < 4.78 is 11.7. The smallest absolute Gasteiger partial charge is 0.266 e. The fourth-order valence-electron chi connectivity index (χ4n) is 2.68. The second-order valence-corrected chi connectivity index (χ2v) is 5.98. The van der Waals surface area contributed by atoms with Crippen molar-refractivity contribution in [3.8, 4) is 10.4 Å². The van der Waals surface area contributed by atoms with Crippen molar-refractivity contribution in [2.75, 3.05) is 13.7 Å². The first-order valence-electron chi connectivity index (χ1n) is 6.56. The lowest BCUT2D eigenvalue weighted by Gasteiger charge is -2.24. The summed E-state index contributed by atoms with van der Waals surface area (Å²) in [5.41, 5.74) is 2.74. The summed E-state index contributed by atoms with van der Waals surface area (Å²) in [6.07, 6.45) is 3.35. The van der Waals surface area contributed by atoms with Gasteiger partial charge in [0.05, 0.1) is 25.1 Å². The monoisotopic (exact) mass is 303 g/mol. The van der Waals surface area contributed by atoms with E-state index in [2.05, 4.69) is 15.2 Å². The first-order chi connectivity index (χ1) is 10.3. The van der Waals surface area contributed by atoms with Crippen molar-refractivity contribution in [2.45, 2.75) is 12.7 Å². The molecule has 6 nitrogen and oxygen atoms in total. The average Bonchev–Trinajstić information content (AvgIpc) is 3.16. The highest BCUT2D eigenvalue weighted by Gasteiger charge is 2.25. The van der Waals surface area contributed by atoms with E-state index in [1.807, 2.05) is 12.3 Å². The SMILES string of the molecule is CO[C@@H]1COCc2c1[nH]c(=O)c1sc(-c3cn[nH]c3)cc21. The maximum atomic E-state index is 12.3. The highest BCUT2D eigenvalue weighted by Crippen LogP contribution is 2.36. The third-order valence-electron chi connectivity index (χ3n) is 3.74. The first kappa shape index (κ1) is 12.8. The Kier molecular flexibility index (Phi) is 2.91. The number of hydrogen-bond donors (Lipinski definition) is 2.